The third-order valence-corrected chi connectivity index (χ3v) is 13.2. The predicted molar refractivity (Wildman–Crippen MR) is 265 cm³/mol. The van der Waals surface area contributed by atoms with E-state index in [2.05, 4.69) is 20.7 Å². The van der Waals surface area contributed by atoms with E-state index >= 15 is 0 Å². The normalized spacial score (nSPS) is 17.6. The van der Waals surface area contributed by atoms with E-state index in [0.717, 1.165) is 6.42 Å². The fourth-order valence-electron chi connectivity index (χ4n) is 8.98. The summed E-state index contributed by atoms with van der Waals surface area (Å²) in [5.41, 5.74) is 8.95. The summed E-state index contributed by atoms with van der Waals surface area (Å²) in [7, 11) is 6.32. The molecule has 20 nitrogen and oxygen atoms in total. The Morgan fingerprint density at radius 2 is 1.40 bits per heavy atom. The van der Waals surface area contributed by atoms with Crippen LogP contribution in [0, 0.1) is 23.7 Å². The Morgan fingerprint density at radius 1 is 0.814 bits per heavy atom. The number of nitrogens with one attached hydrogen (secondary N) is 2. The molecule has 3 N–H and O–H groups in total. The first-order valence-electron chi connectivity index (χ1n) is 24.9. The minimum absolute atomic E-state index is 0.0379. The molecule has 20 heteroatoms. The molecule has 2 rings (SSSR count). The van der Waals surface area contributed by atoms with Gasteiger partial charge < -0.3 is 58.9 Å². The zero-order chi connectivity index (χ0) is 52.3. The summed E-state index contributed by atoms with van der Waals surface area (Å²) in [5, 5.41) is 20.2. The van der Waals surface area contributed by atoms with Crippen molar-refractivity contribution in [2.24, 2.45) is 28.8 Å². The van der Waals surface area contributed by atoms with Gasteiger partial charge >= 0.3 is 0 Å². The molecule has 10 atom stereocenters. The summed E-state index contributed by atoms with van der Waals surface area (Å²) in [4.78, 5) is 77.4. The first-order valence-corrected chi connectivity index (χ1v) is 24.9. The van der Waals surface area contributed by atoms with Crippen LogP contribution in [-0.2, 0) is 52.4 Å². The molecule has 1 aromatic rings. The van der Waals surface area contributed by atoms with E-state index in [1.165, 1.54) is 19.1 Å². The molecular weight excluding hydrogens is 905 g/mol. The van der Waals surface area contributed by atoms with Gasteiger partial charge in [0.2, 0.25) is 29.5 Å². The second-order valence-electron chi connectivity index (χ2n) is 18.8. The summed E-state index contributed by atoms with van der Waals surface area (Å²) in [5.74, 6) is -2.95. The highest BCUT2D eigenvalue weighted by Gasteiger charge is 2.43. The van der Waals surface area contributed by atoms with Crippen LogP contribution in [0.4, 0.5) is 0 Å². The largest absolute Gasteiger partial charge is 0.386 e. The SMILES string of the molecule is CC[C@H](C)[C@@H]([C@@H](CC(=O)N1CCC[C@@H]1[C@H](OC)[C@@H](C)C(=O)N[C@H](C)C(O)c1ccccc1)OC)N(C)C(=O)[C@H](NC(=O)C(C(C)C)N(C)C(=O)CCOCCOCCOCCOCCN=[N+]=[N-])C(C)C. The molecule has 1 fully saturated rings. The highest BCUT2D eigenvalue weighted by atomic mass is 16.6. The van der Waals surface area contributed by atoms with Crippen molar-refractivity contribution in [2.45, 2.75) is 136 Å². The van der Waals surface area contributed by atoms with Crippen molar-refractivity contribution in [1.29, 1.82) is 0 Å². The van der Waals surface area contributed by atoms with Gasteiger partial charge in [-0.15, -0.1) is 0 Å². The molecule has 1 aromatic carbocycles. The van der Waals surface area contributed by atoms with Crippen molar-refractivity contribution in [1.82, 2.24) is 25.3 Å². The molecule has 0 radical (unpaired) electrons. The number of ether oxygens (including phenoxy) is 6. The second-order valence-corrected chi connectivity index (χ2v) is 18.8. The van der Waals surface area contributed by atoms with E-state index in [-0.39, 0.29) is 74.0 Å². The third-order valence-electron chi connectivity index (χ3n) is 13.2. The van der Waals surface area contributed by atoms with Gasteiger partial charge in [-0.1, -0.05) is 90.3 Å². The smallest absolute Gasteiger partial charge is 0.245 e. The zero-order valence-electron chi connectivity index (χ0n) is 44.0. The van der Waals surface area contributed by atoms with E-state index in [1.807, 2.05) is 59.7 Å². The maximum absolute atomic E-state index is 14.6. The summed E-state index contributed by atoms with van der Waals surface area (Å²) in [6, 6.07) is 5.79. The molecule has 70 heavy (non-hydrogen) atoms. The number of azide groups is 1. The van der Waals surface area contributed by atoms with Crippen LogP contribution in [-0.4, -0.2) is 186 Å². The number of hydrogen-bond donors (Lipinski definition) is 3. The Bertz CT molecular complexity index is 1750. The Balaban J connectivity index is 2.06. The Hall–Kier alpha value is -4.40. The number of carbonyl (C=O) groups excluding carboxylic acids is 5. The summed E-state index contributed by atoms with van der Waals surface area (Å²) >= 11 is 0. The highest BCUT2D eigenvalue weighted by molar-refractivity contribution is 5.92. The number of amides is 5. The molecule has 0 bridgehead atoms. The van der Waals surface area contributed by atoms with Crippen LogP contribution in [0.2, 0.25) is 0 Å². The average molecular weight is 991 g/mol. The van der Waals surface area contributed by atoms with Gasteiger partial charge in [0.25, 0.3) is 0 Å². The van der Waals surface area contributed by atoms with Gasteiger partial charge in [-0.2, -0.15) is 0 Å². The highest BCUT2D eigenvalue weighted by Crippen LogP contribution is 2.30. The summed E-state index contributed by atoms with van der Waals surface area (Å²) < 4.78 is 33.8. The van der Waals surface area contributed by atoms with Crippen molar-refractivity contribution >= 4 is 29.5 Å². The van der Waals surface area contributed by atoms with Crippen LogP contribution in [0.5, 0.6) is 0 Å². The van der Waals surface area contributed by atoms with Crippen LogP contribution >= 0.6 is 0 Å². The number of likely N-dealkylation sites (tertiary alicyclic amines) is 1. The summed E-state index contributed by atoms with van der Waals surface area (Å²) in [6.07, 6.45) is -0.222. The first-order chi connectivity index (χ1) is 33.4. The minimum atomic E-state index is -0.950. The lowest BCUT2D eigenvalue weighted by atomic mass is 9.89. The molecular formula is C50H86N8O12. The molecule has 1 heterocycles. The first kappa shape index (κ1) is 61.7. The number of rotatable bonds is 35. The van der Waals surface area contributed by atoms with Crippen molar-refractivity contribution < 1.29 is 57.5 Å². The Kier molecular flexibility index (Phi) is 29.3. The average Bonchev–Trinajstić information content (AvgIpc) is 3.83. The number of carbonyl (C=O) groups is 5. The molecule has 0 aliphatic carbocycles. The van der Waals surface area contributed by atoms with E-state index in [4.69, 9.17) is 34.0 Å². The van der Waals surface area contributed by atoms with Gasteiger partial charge in [0.15, 0.2) is 0 Å². The molecule has 1 aliphatic heterocycles. The number of methoxy groups -OCH3 is 2. The molecule has 1 aliphatic rings. The lowest BCUT2D eigenvalue weighted by Crippen LogP contribution is -2.60. The van der Waals surface area contributed by atoms with Crippen LogP contribution < -0.4 is 10.6 Å². The van der Waals surface area contributed by atoms with Crippen LogP contribution in [0.15, 0.2) is 35.4 Å². The molecule has 1 saturated heterocycles. The molecule has 0 spiro atoms. The fraction of sp³-hybridized carbons (Fsp3) is 0.780. The fourth-order valence-corrected chi connectivity index (χ4v) is 8.98. The monoisotopic (exact) mass is 991 g/mol. The van der Waals surface area contributed by atoms with E-state index in [0.29, 0.717) is 64.6 Å². The number of aliphatic hydroxyl groups excluding tert-OH is 1. The lowest BCUT2D eigenvalue weighted by Gasteiger charge is -2.41. The number of likely N-dealkylation sites (N-methyl/N-ethyl adjacent to an activating group) is 2. The Labute approximate surface area is 416 Å². The molecule has 5 amide bonds. The van der Waals surface area contributed by atoms with Gasteiger partial charge in [0.1, 0.15) is 12.1 Å². The zero-order valence-corrected chi connectivity index (χ0v) is 44.0. The van der Waals surface area contributed by atoms with E-state index < -0.39 is 60.3 Å². The van der Waals surface area contributed by atoms with E-state index in [9.17, 15) is 29.1 Å². The van der Waals surface area contributed by atoms with Crippen molar-refractivity contribution in [3.8, 4) is 0 Å². The van der Waals surface area contributed by atoms with Gasteiger partial charge in [-0.25, -0.2) is 0 Å². The lowest BCUT2D eigenvalue weighted by molar-refractivity contribution is -0.148. The van der Waals surface area contributed by atoms with Gasteiger partial charge in [-0.05, 0) is 48.6 Å². The predicted octanol–water partition coefficient (Wildman–Crippen LogP) is 4.54. The number of hydrogen-bond acceptors (Lipinski definition) is 13. The maximum atomic E-state index is 14.6. The van der Waals surface area contributed by atoms with Gasteiger partial charge in [0.05, 0.1) is 108 Å². The summed E-state index contributed by atoms with van der Waals surface area (Å²) in [6.45, 7) is 18.2. The van der Waals surface area contributed by atoms with Crippen molar-refractivity contribution in [3.05, 3.63) is 46.3 Å². The third kappa shape index (κ3) is 19.7. The van der Waals surface area contributed by atoms with Gasteiger partial charge in [-0.3, -0.25) is 24.0 Å². The van der Waals surface area contributed by atoms with Crippen molar-refractivity contribution in [3.63, 3.8) is 0 Å². The van der Waals surface area contributed by atoms with Gasteiger partial charge in [0, 0.05) is 46.3 Å². The van der Waals surface area contributed by atoms with E-state index in [1.54, 1.807) is 49.9 Å². The minimum Gasteiger partial charge on any atom is -0.386 e. The quantitative estimate of drug-likeness (QED) is 0.0368. The van der Waals surface area contributed by atoms with Crippen LogP contribution in [0.3, 0.4) is 0 Å². The molecule has 398 valence electrons. The number of aliphatic hydroxyl groups is 1. The number of benzene rings is 1. The Morgan fingerprint density at radius 3 is 1.93 bits per heavy atom. The van der Waals surface area contributed by atoms with Crippen molar-refractivity contribution in [2.75, 3.05) is 94.3 Å². The molecule has 2 unspecified atom stereocenters. The van der Waals surface area contributed by atoms with Crippen LogP contribution in [0.1, 0.15) is 99.2 Å². The molecule has 0 saturated carbocycles. The maximum Gasteiger partial charge on any atom is 0.245 e. The second kappa shape index (κ2) is 33.3. The molecule has 0 aromatic heterocycles. The number of nitrogens with zero attached hydrogens (tertiary/aromatic N) is 6. The topological polar surface area (TPSA) is 243 Å². The van der Waals surface area contributed by atoms with Crippen LogP contribution in [0.25, 0.3) is 10.4 Å². The standard InChI is InChI=1S/C50H86N8O12/c1-13-35(6)45(40(65-11)32-42(60)58-23-17-20-39(58)47(66-12)36(7)48(62)53-37(8)46(61)38-18-15-14-16-19-38)57(10)50(64)43(33(2)3)54-49(63)44(34(4)5)56(9)41(59)21-24-67-26-28-69-30-31-70-29-27-68-25-22-52-55-51/h14-16,18-19,33-37,39-40,43-47,61H,13,17,20-32H2,1-12H3,(H,53,62)(H,54,63)/t35-,36+,37+,39+,40+,43+,44?,45-,46?,47+/m0/s1.